The molecule has 2 aliphatic rings. The van der Waals surface area contributed by atoms with E-state index in [9.17, 15) is 9.59 Å². The van der Waals surface area contributed by atoms with Crippen molar-refractivity contribution in [2.24, 2.45) is 0 Å². The lowest BCUT2D eigenvalue weighted by Crippen LogP contribution is -1.99. The van der Waals surface area contributed by atoms with Gasteiger partial charge in [0.05, 0.1) is 0 Å². The molecule has 6 nitrogen and oxygen atoms in total. The summed E-state index contributed by atoms with van der Waals surface area (Å²) in [5, 5.41) is 0. The minimum absolute atomic E-state index is 0.109. The Balaban J connectivity index is 1.26. The molecule has 0 N–H and O–H groups in total. The molecule has 0 bridgehead atoms. The van der Waals surface area contributed by atoms with Crippen molar-refractivity contribution in [1.29, 1.82) is 0 Å². The van der Waals surface area contributed by atoms with E-state index in [0.29, 0.717) is 23.0 Å². The topological polar surface area (TPSA) is 71.1 Å². The number of fused-ring (bicyclic) bond motifs is 2. The summed E-state index contributed by atoms with van der Waals surface area (Å²) < 4.78 is 21.1. The van der Waals surface area contributed by atoms with Crippen molar-refractivity contribution in [3.8, 4) is 23.0 Å². The van der Waals surface area contributed by atoms with Crippen LogP contribution in [0.3, 0.4) is 0 Å². The lowest BCUT2D eigenvalue weighted by atomic mass is 10.1. The number of allylic oxidation sites excluding steroid dienone is 2. The third-order valence-electron chi connectivity index (χ3n) is 4.33. The van der Waals surface area contributed by atoms with Crippen molar-refractivity contribution in [2.45, 2.75) is 12.8 Å². The zero-order chi connectivity index (χ0) is 19.3. The summed E-state index contributed by atoms with van der Waals surface area (Å²) in [6.45, 7) is 0.423. The molecule has 2 heterocycles. The average molecular weight is 378 g/mol. The van der Waals surface area contributed by atoms with Crippen LogP contribution in [0.15, 0.2) is 48.6 Å². The van der Waals surface area contributed by atoms with Crippen LogP contribution < -0.4 is 18.9 Å². The Morgan fingerprint density at radius 3 is 1.57 bits per heavy atom. The zero-order valence-electron chi connectivity index (χ0n) is 15.1. The van der Waals surface area contributed by atoms with E-state index in [2.05, 4.69) is 0 Å². The SMILES string of the molecule is O=C(/C=C/c1ccc2c(c1)OCO2)CCC(=O)/C=C/c1ccc2c(c1)OCO2. The smallest absolute Gasteiger partial charge is 0.231 e. The maximum atomic E-state index is 12.0. The fourth-order valence-electron chi connectivity index (χ4n) is 2.83. The van der Waals surface area contributed by atoms with E-state index in [1.165, 1.54) is 12.2 Å². The fraction of sp³-hybridized carbons (Fsp3) is 0.182. The Morgan fingerprint density at radius 2 is 1.11 bits per heavy atom. The third kappa shape index (κ3) is 4.23. The average Bonchev–Trinajstić information content (AvgIpc) is 3.37. The van der Waals surface area contributed by atoms with Gasteiger partial charge < -0.3 is 18.9 Å². The number of carbonyl (C=O) groups excluding carboxylic acids is 2. The summed E-state index contributed by atoms with van der Waals surface area (Å²) in [6, 6.07) is 10.9. The van der Waals surface area contributed by atoms with E-state index in [1.807, 2.05) is 24.3 Å². The predicted molar refractivity (Wildman–Crippen MR) is 102 cm³/mol. The molecule has 0 amide bonds. The standard InChI is InChI=1S/C22H18O6/c23-17(5-1-15-3-9-19-21(11-15)27-13-25-19)7-8-18(24)6-2-16-4-10-20-22(12-16)28-14-26-20/h1-6,9-12H,7-8,13-14H2/b5-1+,6-2+. The van der Waals surface area contributed by atoms with E-state index in [0.717, 1.165) is 11.1 Å². The molecule has 0 radical (unpaired) electrons. The predicted octanol–water partition coefficient (Wildman–Crippen LogP) is 3.79. The van der Waals surface area contributed by atoms with Crippen molar-refractivity contribution in [2.75, 3.05) is 13.6 Å². The lowest BCUT2D eigenvalue weighted by Gasteiger charge is -1.98. The molecule has 0 aromatic heterocycles. The Bertz CT molecular complexity index is 893. The van der Waals surface area contributed by atoms with Crippen LogP contribution in [0.2, 0.25) is 0 Å². The van der Waals surface area contributed by atoms with Crippen LogP contribution >= 0.6 is 0 Å². The number of ether oxygens (including phenoxy) is 4. The van der Waals surface area contributed by atoms with Gasteiger partial charge in [0.15, 0.2) is 34.6 Å². The summed E-state index contributed by atoms with van der Waals surface area (Å²) in [4.78, 5) is 24.0. The Labute approximate surface area is 162 Å². The highest BCUT2D eigenvalue weighted by Gasteiger charge is 2.13. The molecule has 2 aromatic carbocycles. The van der Waals surface area contributed by atoms with Gasteiger partial charge in [-0.2, -0.15) is 0 Å². The first-order valence-corrected chi connectivity index (χ1v) is 8.88. The molecule has 0 saturated heterocycles. The summed E-state index contributed by atoms with van der Waals surface area (Å²) in [6.07, 6.45) is 6.68. The van der Waals surface area contributed by atoms with Crippen molar-refractivity contribution < 1.29 is 28.5 Å². The van der Waals surface area contributed by atoms with Crippen molar-refractivity contribution in [3.05, 3.63) is 59.7 Å². The minimum atomic E-state index is -0.109. The molecular formula is C22H18O6. The molecule has 0 fully saturated rings. The van der Waals surface area contributed by atoms with Gasteiger partial charge in [-0.1, -0.05) is 24.3 Å². The number of ketones is 2. The highest BCUT2D eigenvalue weighted by molar-refractivity contribution is 5.99. The molecular weight excluding hydrogens is 360 g/mol. The van der Waals surface area contributed by atoms with E-state index in [-0.39, 0.29) is 38.0 Å². The Morgan fingerprint density at radius 1 is 0.679 bits per heavy atom. The second kappa shape index (κ2) is 8.00. The van der Waals surface area contributed by atoms with Gasteiger partial charge >= 0.3 is 0 Å². The van der Waals surface area contributed by atoms with Gasteiger partial charge in [0.2, 0.25) is 13.6 Å². The van der Waals surface area contributed by atoms with Crippen LogP contribution in [0.1, 0.15) is 24.0 Å². The molecule has 4 rings (SSSR count). The van der Waals surface area contributed by atoms with Crippen LogP contribution in [0.5, 0.6) is 23.0 Å². The maximum absolute atomic E-state index is 12.0. The molecule has 0 spiro atoms. The number of hydrogen-bond donors (Lipinski definition) is 0. The van der Waals surface area contributed by atoms with E-state index in [1.54, 1.807) is 24.3 Å². The molecule has 142 valence electrons. The maximum Gasteiger partial charge on any atom is 0.231 e. The normalized spacial score (nSPS) is 14.1. The summed E-state index contributed by atoms with van der Waals surface area (Å²) >= 11 is 0. The molecule has 0 atom stereocenters. The van der Waals surface area contributed by atoms with Crippen molar-refractivity contribution >= 4 is 23.7 Å². The van der Waals surface area contributed by atoms with Crippen LogP contribution in [0.4, 0.5) is 0 Å². The zero-order valence-corrected chi connectivity index (χ0v) is 15.1. The molecule has 0 aliphatic carbocycles. The van der Waals surface area contributed by atoms with Gasteiger partial charge in [-0.05, 0) is 47.5 Å². The van der Waals surface area contributed by atoms with Gasteiger partial charge in [0, 0.05) is 12.8 Å². The highest BCUT2D eigenvalue weighted by Crippen LogP contribution is 2.33. The Kier molecular flexibility index (Phi) is 5.10. The van der Waals surface area contributed by atoms with Crippen LogP contribution in [0, 0.1) is 0 Å². The largest absolute Gasteiger partial charge is 0.454 e. The van der Waals surface area contributed by atoms with E-state index >= 15 is 0 Å². The van der Waals surface area contributed by atoms with E-state index in [4.69, 9.17) is 18.9 Å². The highest BCUT2D eigenvalue weighted by atomic mass is 16.7. The summed E-state index contributed by atoms with van der Waals surface area (Å²) in [5.74, 6) is 2.51. The van der Waals surface area contributed by atoms with Gasteiger partial charge in [0.1, 0.15) is 0 Å². The first kappa shape index (κ1) is 17.9. The monoisotopic (exact) mass is 378 g/mol. The van der Waals surface area contributed by atoms with Gasteiger partial charge in [-0.15, -0.1) is 0 Å². The fourth-order valence-corrected chi connectivity index (χ4v) is 2.83. The van der Waals surface area contributed by atoms with Crippen LogP contribution in [-0.4, -0.2) is 25.2 Å². The molecule has 28 heavy (non-hydrogen) atoms. The Hall–Kier alpha value is -3.54. The van der Waals surface area contributed by atoms with Crippen molar-refractivity contribution in [3.63, 3.8) is 0 Å². The van der Waals surface area contributed by atoms with Gasteiger partial charge in [-0.3, -0.25) is 9.59 Å². The summed E-state index contributed by atoms with van der Waals surface area (Å²) in [7, 11) is 0. The quantitative estimate of drug-likeness (QED) is 0.683. The number of carbonyl (C=O) groups is 2. The molecule has 0 unspecified atom stereocenters. The number of rotatable bonds is 7. The number of benzene rings is 2. The van der Waals surface area contributed by atoms with Gasteiger partial charge in [-0.25, -0.2) is 0 Å². The first-order valence-electron chi connectivity index (χ1n) is 8.88. The second-order valence-corrected chi connectivity index (χ2v) is 6.32. The molecule has 2 aliphatic heterocycles. The summed E-state index contributed by atoms with van der Waals surface area (Å²) in [5.41, 5.74) is 1.68. The third-order valence-corrected chi connectivity index (χ3v) is 4.33. The van der Waals surface area contributed by atoms with Crippen LogP contribution in [0.25, 0.3) is 12.2 Å². The molecule has 0 saturated carbocycles. The van der Waals surface area contributed by atoms with E-state index < -0.39 is 0 Å². The van der Waals surface area contributed by atoms with Crippen molar-refractivity contribution in [1.82, 2.24) is 0 Å². The first-order chi connectivity index (χ1) is 13.7. The van der Waals surface area contributed by atoms with Gasteiger partial charge in [0.25, 0.3) is 0 Å². The molecule has 2 aromatic rings. The second-order valence-electron chi connectivity index (χ2n) is 6.32. The molecule has 6 heteroatoms. The minimum Gasteiger partial charge on any atom is -0.454 e. The van der Waals surface area contributed by atoms with Crippen LogP contribution in [-0.2, 0) is 9.59 Å². The number of hydrogen-bond acceptors (Lipinski definition) is 6. The lowest BCUT2D eigenvalue weighted by molar-refractivity contribution is -0.119.